The Morgan fingerprint density at radius 3 is 2.50 bits per heavy atom. The highest BCUT2D eigenvalue weighted by Gasteiger charge is 2.35. The zero-order valence-electron chi connectivity index (χ0n) is 16.0. The second-order valence-corrected chi connectivity index (χ2v) is 10.2. The van der Waals surface area contributed by atoms with Crippen LogP contribution < -0.4 is 0 Å². The molecule has 0 radical (unpaired) electrons. The number of amides is 1. The van der Waals surface area contributed by atoms with Crippen molar-refractivity contribution < 1.29 is 22.7 Å². The van der Waals surface area contributed by atoms with Gasteiger partial charge in [0.1, 0.15) is 4.88 Å². The van der Waals surface area contributed by atoms with Gasteiger partial charge in [-0.25, -0.2) is 13.2 Å². The molecule has 8 heteroatoms. The van der Waals surface area contributed by atoms with E-state index in [0.29, 0.717) is 11.3 Å². The van der Waals surface area contributed by atoms with Crippen LogP contribution in [0.3, 0.4) is 0 Å². The maximum atomic E-state index is 12.7. The van der Waals surface area contributed by atoms with Gasteiger partial charge in [-0.1, -0.05) is 29.8 Å². The van der Waals surface area contributed by atoms with Crippen LogP contribution in [0.15, 0.2) is 35.7 Å². The molecule has 3 rings (SSSR count). The van der Waals surface area contributed by atoms with Gasteiger partial charge in [0, 0.05) is 18.7 Å². The highest BCUT2D eigenvalue weighted by molar-refractivity contribution is 7.91. The molecular weight excluding hydrogens is 398 g/mol. The molecule has 1 aromatic heterocycles. The van der Waals surface area contributed by atoms with Crippen LogP contribution >= 0.6 is 11.3 Å². The fourth-order valence-corrected chi connectivity index (χ4v) is 5.81. The monoisotopic (exact) mass is 421 g/mol. The van der Waals surface area contributed by atoms with E-state index in [4.69, 9.17) is 4.74 Å². The molecule has 28 heavy (non-hydrogen) atoms. The van der Waals surface area contributed by atoms with Crippen LogP contribution in [0.5, 0.6) is 0 Å². The molecule has 0 aliphatic carbocycles. The number of sulfone groups is 1. The summed E-state index contributed by atoms with van der Waals surface area (Å²) in [6, 6.07) is 9.31. The van der Waals surface area contributed by atoms with Gasteiger partial charge in [-0.3, -0.25) is 4.79 Å². The van der Waals surface area contributed by atoms with Gasteiger partial charge in [0.15, 0.2) is 15.9 Å². The molecule has 2 atom stereocenters. The molecule has 1 amide bonds. The number of aryl methyl sites for hydroxylation is 1. The van der Waals surface area contributed by atoms with E-state index in [2.05, 4.69) is 0 Å². The number of likely N-dealkylation sites (N-methyl/N-ethyl adjacent to an activating group) is 1. The molecule has 150 valence electrons. The molecule has 1 fully saturated rings. The van der Waals surface area contributed by atoms with Crippen molar-refractivity contribution in [2.75, 3.05) is 18.6 Å². The number of hydrogen-bond donors (Lipinski definition) is 0. The van der Waals surface area contributed by atoms with Crippen LogP contribution in [0.2, 0.25) is 0 Å². The van der Waals surface area contributed by atoms with E-state index in [-0.39, 0.29) is 17.5 Å². The second kappa shape index (κ2) is 8.05. The number of thiophene rings is 1. The van der Waals surface area contributed by atoms with E-state index in [1.54, 1.807) is 7.05 Å². The van der Waals surface area contributed by atoms with Crippen molar-refractivity contribution in [2.24, 2.45) is 0 Å². The predicted octanol–water partition coefficient (Wildman–Crippen LogP) is 2.91. The Balaban J connectivity index is 1.69. The van der Waals surface area contributed by atoms with Crippen LogP contribution in [0.25, 0.3) is 11.1 Å². The average molecular weight is 422 g/mol. The number of ether oxygens (including phenoxy) is 1. The van der Waals surface area contributed by atoms with E-state index in [1.807, 2.05) is 42.6 Å². The number of carbonyl (C=O) groups is 2. The molecule has 1 saturated heterocycles. The Bertz CT molecular complexity index is 978. The largest absolute Gasteiger partial charge is 0.448 e. The lowest BCUT2D eigenvalue weighted by Crippen LogP contribution is -2.44. The number of hydrogen-bond acceptors (Lipinski definition) is 6. The number of carbonyl (C=O) groups excluding carboxylic acids is 2. The van der Waals surface area contributed by atoms with Gasteiger partial charge in [-0.05, 0) is 37.3 Å². The quantitative estimate of drug-likeness (QED) is 0.694. The van der Waals surface area contributed by atoms with Crippen molar-refractivity contribution in [3.63, 3.8) is 0 Å². The Labute approximate surface area is 169 Å². The fourth-order valence-electron chi connectivity index (χ4n) is 3.24. The first-order chi connectivity index (χ1) is 13.2. The minimum absolute atomic E-state index is 0.0433. The second-order valence-electron chi connectivity index (χ2n) is 7.08. The minimum Gasteiger partial charge on any atom is -0.448 e. The number of rotatable bonds is 5. The van der Waals surface area contributed by atoms with Gasteiger partial charge in [0.25, 0.3) is 5.91 Å². The molecule has 1 aliphatic rings. The van der Waals surface area contributed by atoms with Crippen LogP contribution in [-0.2, 0) is 19.4 Å². The van der Waals surface area contributed by atoms with Crippen LogP contribution in [0.4, 0.5) is 0 Å². The SMILES string of the molecule is Cc1ccc(-c2ccsc2C(=O)O[C@@H](C)C(=O)N(C)[C@H]2CCS(=O)(=O)C2)cc1. The van der Waals surface area contributed by atoms with E-state index >= 15 is 0 Å². The highest BCUT2D eigenvalue weighted by Crippen LogP contribution is 2.29. The Kier molecular flexibility index (Phi) is 5.90. The Hall–Kier alpha value is -2.19. The summed E-state index contributed by atoms with van der Waals surface area (Å²) in [6.45, 7) is 3.51. The fraction of sp³-hybridized carbons (Fsp3) is 0.400. The first-order valence-electron chi connectivity index (χ1n) is 9.00. The maximum Gasteiger partial charge on any atom is 0.349 e. The van der Waals surface area contributed by atoms with Crippen molar-refractivity contribution >= 4 is 33.1 Å². The number of nitrogens with zero attached hydrogens (tertiary/aromatic N) is 1. The summed E-state index contributed by atoms with van der Waals surface area (Å²) >= 11 is 1.27. The molecular formula is C20H23NO5S2. The van der Waals surface area contributed by atoms with Gasteiger partial charge < -0.3 is 9.64 Å². The van der Waals surface area contributed by atoms with E-state index < -0.39 is 27.8 Å². The number of esters is 1. The third kappa shape index (κ3) is 4.44. The molecule has 0 N–H and O–H groups in total. The molecule has 0 unspecified atom stereocenters. The molecule has 0 spiro atoms. The molecule has 1 aromatic carbocycles. The first-order valence-corrected chi connectivity index (χ1v) is 11.7. The van der Waals surface area contributed by atoms with Gasteiger partial charge in [-0.15, -0.1) is 11.3 Å². The van der Waals surface area contributed by atoms with Crippen molar-refractivity contribution in [3.05, 3.63) is 46.2 Å². The normalized spacial score (nSPS) is 19.2. The van der Waals surface area contributed by atoms with E-state index in [0.717, 1.165) is 16.7 Å². The Morgan fingerprint density at radius 2 is 1.89 bits per heavy atom. The average Bonchev–Trinajstić information content (AvgIpc) is 3.27. The summed E-state index contributed by atoms with van der Waals surface area (Å²) in [4.78, 5) is 27.1. The van der Waals surface area contributed by atoms with Crippen LogP contribution in [0.1, 0.15) is 28.6 Å². The topological polar surface area (TPSA) is 80.8 Å². The zero-order valence-corrected chi connectivity index (χ0v) is 17.7. The first kappa shape index (κ1) is 20.5. The third-order valence-electron chi connectivity index (χ3n) is 4.95. The summed E-state index contributed by atoms with van der Waals surface area (Å²) in [6.07, 6.45) is -0.581. The lowest BCUT2D eigenvalue weighted by molar-refractivity contribution is -0.140. The smallest absolute Gasteiger partial charge is 0.349 e. The van der Waals surface area contributed by atoms with E-state index in [9.17, 15) is 18.0 Å². The number of benzene rings is 1. The molecule has 2 heterocycles. The Morgan fingerprint density at radius 1 is 1.21 bits per heavy atom. The summed E-state index contributed by atoms with van der Waals surface area (Å²) in [7, 11) is -1.54. The maximum absolute atomic E-state index is 12.7. The van der Waals surface area contributed by atoms with Gasteiger partial charge in [0.2, 0.25) is 0 Å². The summed E-state index contributed by atoms with van der Waals surface area (Å²) in [5, 5.41) is 1.81. The molecule has 0 saturated carbocycles. The molecule has 6 nitrogen and oxygen atoms in total. The van der Waals surface area contributed by atoms with Gasteiger partial charge in [-0.2, -0.15) is 0 Å². The standard InChI is InChI=1S/C20H23NO5S2/c1-13-4-6-15(7-5-13)17-8-10-27-18(17)20(23)26-14(2)19(22)21(3)16-9-11-28(24,25)12-16/h4-8,10,14,16H,9,11-12H2,1-3H3/t14-,16-/m0/s1. The van der Waals surface area contributed by atoms with Crippen LogP contribution in [-0.4, -0.2) is 55.9 Å². The molecule has 0 bridgehead atoms. The third-order valence-corrected chi connectivity index (χ3v) is 7.59. The van der Waals surface area contributed by atoms with E-state index in [1.165, 1.54) is 23.2 Å². The summed E-state index contributed by atoms with van der Waals surface area (Å²) in [5.41, 5.74) is 2.80. The van der Waals surface area contributed by atoms with Gasteiger partial charge in [0.05, 0.1) is 11.5 Å². The summed E-state index contributed by atoms with van der Waals surface area (Å²) in [5.74, 6) is -0.917. The van der Waals surface area contributed by atoms with Crippen molar-refractivity contribution in [3.8, 4) is 11.1 Å². The summed E-state index contributed by atoms with van der Waals surface area (Å²) < 4.78 is 28.7. The molecule has 1 aliphatic heterocycles. The predicted molar refractivity (Wildman–Crippen MR) is 109 cm³/mol. The molecule has 2 aromatic rings. The van der Waals surface area contributed by atoms with Gasteiger partial charge >= 0.3 is 5.97 Å². The highest BCUT2D eigenvalue weighted by atomic mass is 32.2. The zero-order chi connectivity index (χ0) is 20.5. The lowest BCUT2D eigenvalue weighted by atomic mass is 10.1. The van der Waals surface area contributed by atoms with Crippen molar-refractivity contribution in [2.45, 2.75) is 32.4 Å². The lowest BCUT2D eigenvalue weighted by Gasteiger charge is -2.26. The minimum atomic E-state index is -3.10. The van der Waals surface area contributed by atoms with Crippen molar-refractivity contribution in [1.82, 2.24) is 4.90 Å². The van der Waals surface area contributed by atoms with Crippen LogP contribution in [0, 0.1) is 6.92 Å². The van der Waals surface area contributed by atoms with Crippen molar-refractivity contribution in [1.29, 1.82) is 0 Å².